The summed E-state index contributed by atoms with van der Waals surface area (Å²) in [6.07, 6.45) is 5.63. The highest BCUT2D eigenvalue weighted by Gasteiger charge is 2.01. The highest BCUT2D eigenvalue weighted by molar-refractivity contribution is 14.0. The van der Waals surface area contributed by atoms with Gasteiger partial charge < -0.3 is 15.4 Å². The first-order valence-electron chi connectivity index (χ1n) is 8.20. The van der Waals surface area contributed by atoms with Gasteiger partial charge in [-0.25, -0.2) is 0 Å². The number of hydrogen-bond acceptors (Lipinski definition) is 3. The maximum absolute atomic E-state index is 5.17. The van der Waals surface area contributed by atoms with Crippen molar-refractivity contribution < 1.29 is 4.74 Å². The third kappa shape index (κ3) is 7.29. The lowest BCUT2D eigenvalue weighted by Gasteiger charge is -2.12. The number of ether oxygens (including phenoxy) is 1. The SMILES string of the molecule is CN=C(NCCc1ccc(OC)cc1)NCCc1ccncc1C.I. The molecule has 5 nitrogen and oxygen atoms in total. The van der Waals surface area contributed by atoms with E-state index in [1.165, 1.54) is 16.7 Å². The molecule has 0 aliphatic carbocycles. The van der Waals surface area contributed by atoms with Crippen molar-refractivity contribution in [2.24, 2.45) is 4.99 Å². The molecule has 1 aromatic heterocycles. The number of benzene rings is 1. The lowest BCUT2D eigenvalue weighted by atomic mass is 10.1. The molecule has 0 aliphatic heterocycles. The van der Waals surface area contributed by atoms with Crippen molar-refractivity contribution in [2.45, 2.75) is 19.8 Å². The first-order valence-corrected chi connectivity index (χ1v) is 8.20. The lowest BCUT2D eigenvalue weighted by molar-refractivity contribution is 0.414. The molecule has 136 valence electrons. The van der Waals surface area contributed by atoms with Gasteiger partial charge in [-0.2, -0.15) is 0 Å². The summed E-state index contributed by atoms with van der Waals surface area (Å²) in [5.41, 5.74) is 3.80. The molecule has 6 heteroatoms. The van der Waals surface area contributed by atoms with E-state index in [-0.39, 0.29) is 24.0 Å². The highest BCUT2D eigenvalue weighted by Crippen LogP contribution is 2.11. The third-order valence-electron chi connectivity index (χ3n) is 3.91. The zero-order valence-electron chi connectivity index (χ0n) is 15.1. The van der Waals surface area contributed by atoms with Crippen LogP contribution in [-0.2, 0) is 12.8 Å². The zero-order valence-corrected chi connectivity index (χ0v) is 17.4. The number of aryl methyl sites for hydroxylation is 1. The molecular formula is C19H27IN4O. The maximum atomic E-state index is 5.17. The number of aliphatic imine (C=N–C) groups is 1. The van der Waals surface area contributed by atoms with E-state index < -0.39 is 0 Å². The fourth-order valence-electron chi connectivity index (χ4n) is 2.44. The smallest absolute Gasteiger partial charge is 0.190 e. The van der Waals surface area contributed by atoms with Crippen molar-refractivity contribution in [2.75, 3.05) is 27.2 Å². The van der Waals surface area contributed by atoms with E-state index in [1.54, 1.807) is 14.2 Å². The van der Waals surface area contributed by atoms with Gasteiger partial charge in [-0.05, 0) is 54.7 Å². The highest BCUT2D eigenvalue weighted by atomic mass is 127. The molecule has 0 amide bonds. The summed E-state index contributed by atoms with van der Waals surface area (Å²) < 4.78 is 5.17. The molecule has 1 heterocycles. The predicted molar refractivity (Wildman–Crippen MR) is 114 cm³/mol. The Kier molecular flexibility index (Phi) is 9.91. The van der Waals surface area contributed by atoms with Crippen molar-refractivity contribution >= 4 is 29.9 Å². The van der Waals surface area contributed by atoms with Crippen LogP contribution in [0, 0.1) is 6.92 Å². The second-order valence-corrected chi connectivity index (χ2v) is 5.58. The van der Waals surface area contributed by atoms with Crippen molar-refractivity contribution in [3.8, 4) is 5.75 Å². The number of pyridine rings is 1. The summed E-state index contributed by atoms with van der Waals surface area (Å²) >= 11 is 0. The molecule has 2 rings (SSSR count). The second kappa shape index (κ2) is 11.7. The van der Waals surface area contributed by atoms with Gasteiger partial charge in [-0.15, -0.1) is 24.0 Å². The standard InChI is InChI=1S/C19H26N4O.HI/c1-15-14-21-11-9-17(15)10-13-23-19(20-2)22-12-8-16-4-6-18(24-3)7-5-16;/h4-7,9,11,14H,8,10,12-13H2,1-3H3,(H2,20,22,23);1H. The van der Waals surface area contributed by atoms with E-state index in [9.17, 15) is 0 Å². The number of nitrogens with one attached hydrogen (secondary N) is 2. The van der Waals surface area contributed by atoms with Gasteiger partial charge >= 0.3 is 0 Å². The molecule has 0 aliphatic rings. The molecule has 0 bridgehead atoms. The summed E-state index contributed by atoms with van der Waals surface area (Å²) in [5, 5.41) is 6.69. The van der Waals surface area contributed by atoms with Crippen LogP contribution in [0.1, 0.15) is 16.7 Å². The largest absolute Gasteiger partial charge is 0.497 e. The van der Waals surface area contributed by atoms with Crippen LogP contribution in [0.3, 0.4) is 0 Å². The van der Waals surface area contributed by atoms with E-state index in [0.29, 0.717) is 0 Å². The zero-order chi connectivity index (χ0) is 17.2. The van der Waals surface area contributed by atoms with Crippen LogP contribution in [0.25, 0.3) is 0 Å². The van der Waals surface area contributed by atoms with Gasteiger partial charge in [0, 0.05) is 32.5 Å². The Morgan fingerprint density at radius 3 is 2.36 bits per heavy atom. The Balaban J connectivity index is 0.00000312. The summed E-state index contributed by atoms with van der Waals surface area (Å²) in [5.74, 6) is 1.71. The molecule has 1 aromatic carbocycles. The van der Waals surface area contributed by atoms with Crippen molar-refractivity contribution in [3.05, 3.63) is 59.4 Å². The average Bonchev–Trinajstić information content (AvgIpc) is 2.62. The van der Waals surface area contributed by atoms with Crippen LogP contribution in [0.4, 0.5) is 0 Å². The Bertz CT molecular complexity index is 659. The van der Waals surface area contributed by atoms with Gasteiger partial charge in [-0.1, -0.05) is 12.1 Å². The quantitative estimate of drug-likeness (QED) is 0.384. The number of nitrogens with zero attached hydrogens (tertiary/aromatic N) is 2. The minimum absolute atomic E-state index is 0. The number of aromatic nitrogens is 1. The molecule has 0 radical (unpaired) electrons. The number of guanidine groups is 1. The molecule has 2 aromatic rings. The number of halogens is 1. The van der Waals surface area contributed by atoms with Crippen molar-refractivity contribution in [1.82, 2.24) is 15.6 Å². The number of hydrogen-bond donors (Lipinski definition) is 2. The van der Waals surface area contributed by atoms with Crippen LogP contribution < -0.4 is 15.4 Å². The normalized spacial score (nSPS) is 10.8. The van der Waals surface area contributed by atoms with Gasteiger partial charge in [0.15, 0.2) is 5.96 Å². The molecule has 0 unspecified atom stereocenters. The van der Waals surface area contributed by atoms with E-state index in [2.05, 4.69) is 45.7 Å². The van der Waals surface area contributed by atoms with E-state index in [0.717, 1.165) is 37.6 Å². The fourth-order valence-corrected chi connectivity index (χ4v) is 2.44. The fraction of sp³-hybridized carbons (Fsp3) is 0.368. The van der Waals surface area contributed by atoms with E-state index in [4.69, 9.17) is 4.74 Å². The van der Waals surface area contributed by atoms with E-state index in [1.807, 2.05) is 24.5 Å². The molecule has 0 spiro atoms. The predicted octanol–water partition coefficient (Wildman–Crippen LogP) is 2.97. The molecule has 25 heavy (non-hydrogen) atoms. The Labute approximate surface area is 167 Å². The first kappa shape index (κ1) is 21.2. The van der Waals surface area contributed by atoms with Crippen LogP contribution in [0.2, 0.25) is 0 Å². The summed E-state index contributed by atoms with van der Waals surface area (Å²) in [6.45, 7) is 3.76. The molecule has 0 atom stereocenters. The van der Waals surface area contributed by atoms with E-state index >= 15 is 0 Å². The molecular weight excluding hydrogens is 427 g/mol. The molecule has 0 fully saturated rings. The third-order valence-corrected chi connectivity index (χ3v) is 3.91. The van der Waals surface area contributed by atoms with Crippen molar-refractivity contribution in [1.29, 1.82) is 0 Å². The van der Waals surface area contributed by atoms with Gasteiger partial charge in [0.1, 0.15) is 5.75 Å². The molecule has 2 N–H and O–H groups in total. The van der Waals surface area contributed by atoms with Crippen LogP contribution in [-0.4, -0.2) is 38.2 Å². The van der Waals surface area contributed by atoms with Gasteiger partial charge in [0.05, 0.1) is 7.11 Å². The molecule has 0 saturated carbocycles. The minimum atomic E-state index is 0. The second-order valence-electron chi connectivity index (χ2n) is 5.58. The topological polar surface area (TPSA) is 58.5 Å². The summed E-state index contributed by atoms with van der Waals surface area (Å²) in [6, 6.07) is 10.2. The maximum Gasteiger partial charge on any atom is 0.190 e. The first-order chi connectivity index (χ1) is 11.7. The van der Waals surface area contributed by atoms with Crippen LogP contribution in [0.5, 0.6) is 5.75 Å². The van der Waals surface area contributed by atoms with Gasteiger partial charge in [0.25, 0.3) is 0 Å². The Hall–Kier alpha value is -1.83. The van der Waals surface area contributed by atoms with Crippen molar-refractivity contribution in [3.63, 3.8) is 0 Å². The molecule has 0 saturated heterocycles. The van der Waals surface area contributed by atoms with Gasteiger partial charge in [0.2, 0.25) is 0 Å². The Morgan fingerprint density at radius 2 is 1.76 bits per heavy atom. The summed E-state index contributed by atoms with van der Waals surface area (Å²) in [7, 11) is 3.47. The number of rotatable bonds is 7. The Morgan fingerprint density at radius 1 is 1.08 bits per heavy atom. The van der Waals surface area contributed by atoms with Gasteiger partial charge in [-0.3, -0.25) is 9.98 Å². The number of methoxy groups -OCH3 is 1. The summed E-state index contributed by atoms with van der Waals surface area (Å²) in [4.78, 5) is 8.38. The van der Waals surface area contributed by atoms with Crippen LogP contribution >= 0.6 is 24.0 Å². The monoisotopic (exact) mass is 454 g/mol. The minimum Gasteiger partial charge on any atom is -0.497 e. The van der Waals surface area contributed by atoms with Crippen LogP contribution in [0.15, 0.2) is 47.7 Å². The lowest BCUT2D eigenvalue weighted by Crippen LogP contribution is -2.39. The average molecular weight is 454 g/mol.